The summed E-state index contributed by atoms with van der Waals surface area (Å²) >= 11 is 0. The Hall–Kier alpha value is -2.04. The Morgan fingerprint density at radius 3 is 2.62 bits per heavy atom. The molecule has 1 aromatic carbocycles. The average Bonchev–Trinajstić information content (AvgIpc) is 3.00. The van der Waals surface area contributed by atoms with Crippen LogP contribution < -0.4 is 10.6 Å². The third-order valence-electron chi connectivity index (χ3n) is 3.98. The molecule has 1 saturated heterocycles. The van der Waals surface area contributed by atoms with Gasteiger partial charge in [-0.2, -0.15) is 0 Å². The zero-order valence-corrected chi connectivity index (χ0v) is 15.3. The van der Waals surface area contributed by atoms with E-state index < -0.39 is 0 Å². The van der Waals surface area contributed by atoms with Crippen molar-refractivity contribution in [3.8, 4) is 0 Å². The van der Waals surface area contributed by atoms with Crippen LogP contribution >= 0.6 is 0 Å². The van der Waals surface area contributed by atoms with Gasteiger partial charge in [-0.25, -0.2) is 4.99 Å². The fourth-order valence-electron chi connectivity index (χ4n) is 2.98. The average molecular weight is 330 g/mol. The lowest BCUT2D eigenvalue weighted by molar-refractivity contribution is -0.121. The summed E-state index contributed by atoms with van der Waals surface area (Å²) in [6, 6.07) is 10.6. The second-order valence-electron chi connectivity index (χ2n) is 7.31. The number of guanidine groups is 1. The smallest absolute Gasteiger partial charge is 0.242 e. The fraction of sp³-hybridized carbons (Fsp3) is 0.579. The second-order valence-corrected chi connectivity index (χ2v) is 7.31. The van der Waals surface area contributed by atoms with Crippen molar-refractivity contribution >= 4 is 11.9 Å². The molecular weight excluding hydrogens is 300 g/mol. The zero-order valence-electron chi connectivity index (χ0n) is 15.3. The molecule has 1 heterocycles. The standard InChI is InChI=1S/C19H30N4O/c1-5-20-18(21-13-17(24)22-19(2,3)4)23-12-11-16(14-23)15-9-7-6-8-10-15/h6-10,16H,5,11-14H2,1-4H3,(H,20,21)(H,22,24). The van der Waals surface area contributed by atoms with Crippen molar-refractivity contribution in [2.24, 2.45) is 4.99 Å². The Labute approximate surface area is 145 Å². The van der Waals surface area contributed by atoms with Crippen molar-refractivity contribution in [3.05, 3.63) is 35.9 Å². The first-order valence-corrected chi connectivity index (χ1v) is 8.78. The molecule has 0 aromatic heterocycles. The SMILES string of the molecule is CCNC(=NCC(=O)NC(C)(C)C)N1CCC(c2ccccc2)C1. The quantitative estimate of drug-likeness (QED) is 0.658. The van der Waals surface area contributed by atoms with Crippen LogP contribution in [0.5, 0.6) is 0 Å². The number of hydrogen-bond acceptors (Lipinski definition) is 2. The second kappa shape index (κ2) is 8.18. The molecule has 1 unspecified atom stereocenters. The predicted molar refractivity (Wildman–Crippen MR) is 99.2 cm³/mol. The number of hydrogen-bond donors (Lipinski definition) is 2. The third-order valence-corrected chi connectivity index (χ3v) is 3.98. The number of carbonyl (C=O) groups excluding carboxylic acids is 1. The van der Waals surface area contributed by atoms with Gasteiger partial charge in [0.15, 0.2) is 5.96 Å². The van der Waals surface area contributed by atoms with E-state index in [-0.39, 0.29) is 18.0 Å². The van der Waals surface area contributed by atoms with Gasteiger partial charge in [-0.15, -0.1) is 0 Å². The van der Waals surface area contributed by atoms with Gasteiger partial charge in [-0.1, -0.05) is 30.3 Å². The van der Waals surface area contributed by atoms with E-state index >= 15 is 0 Å². The van der Waals surface area contributed by atoms with Crippen molar-refractivity contribution < 1.29 is 4.79 Å². The molecule has 0 bridgehead atoms. The number of aliphatic imine (C=N–C) groups is 1. The van der Waals surface area contributed by atoms with Crippen LogP contribution in [0, 0.1) is 0 Å². The van der Waals surface area contributed by atoms with Crippen LogP contribution in [0.15, 0.2) is 35.3 Å². The number of likely N-dealkylation sites (tertiary alicyclic amines) is 1. The highest BCUT2D eigenvalue weighted by atomic mass is 16.2. The number of benzene rings is 1. The largest absolute Gasteiger partial charge is 0.357 e. The van der Waals surface area contributed by atoms with Crippen LogP contribution in [0.1, 0.15) is 45.6 Å². The highest BCUT2D eigenvalue weighted by Gasteiger charge is 2.26. The minimum absolute atomic E-state index is 0.0447. The molecule has 0 aliphatic carbocycles. The Morgan fingerprint density at radius 1 is 1.29 bits per heavy atom. The van der Waals surface area contributed by atoms with Crippen molar-refractivity contribution in [2.75, 3.05) is 26.2 Å². The lowest BCUT2D eigenvalue weighted by Gasteiger charge is -2.23. The molecule has 5 heteroatoms. The Morgan fingerprint density at radius 2 is 2.00 bits per heavy atom. The lowest BCUT2D eigenvalue weighted by Crippen LogP contribution is -2.44. The van der Waals surface area contributed by atoms with Gasteiger partial charge in [0.05, 0.1) is 0 Å². The monoisotopic (exact) mass is 330 g/mol. The summed E-state index contributed by atoms with van der Waals surface area (Å²) in [5.74, 6) is 1.31. The summed E-state index contributed by atoms with van der Waals surface area (Å²) in [7, 11) is 0. The van der Waals surface area contributed by atoms with E-state index in [9.17, 15) is 4.79 Å². The Balaban J connectivity index is 1.98. The summed E-state index contributed by atoms with van der Waals surface area (Å²) in [5, 5.41) is 6.26. The van der Waals surface area contributed by atoms with Crippen LogP contribution in [0.3, 0.4) is 0 Å². The van der Waals surface area contributed by atoms with Gasteiger partial charge in [0.1, 0.15) is 6.54 Å². The van der Waals surface area contributed by atoms with Gasteiger partial charge >= 0.3 is 0 Å². The molecule has 1 fully saturated rings. The minimum atomic E-state index is -0.225. The molecule has 1 aliphatic heterocycles. The van der Waals surface area contributed by atoms with Crippen molar-refractivity contribution in [1.82, 2.24) is 15.5 Å². The predicted octanol–water partition coefficient (Wildman–Crippen LogP) is 2.36. The molecular formula is C19H30N4O. The molecule has 1 amide bonds. The van der Waals surface area contributed by atoms with Gasteiger partial charge in [-0.3, -0.25) is 4.79 Å². The van der Waals surface area contributed by atoms with Crippen LogP contribution in [0.4, 0.5) is 0 Å². The first-order chi connectivity index (χ1) is 11.4. The van der Waals surface area contributed by atoms with Gasteiger partial charge in [0, 0.05) is 31.1 Å². The van der Waals surface area contributed by atoms with Crippen LogP contribution in [-0.4, -0.2) is 48.5 Å². The topological polar surface area (TPSA) is 56.7 Å². The van der Waals surface area contributed by atoms with E-state index in [4.69, 9.17) is 0 Å². The van der Waals surface area contributed by atoms with Gasteiger partial charge < -0.3 is 15.5 Å². The Bertz CT molecular complexity index is 562. The highest BCUT2D eigenvalue weighted by Crippen LogP contribution is 2.26. The first kappa shape index (κ1) is 18.3. The number of amides is 1. The number of nitrogens with one attached hydrogen (secondary N) is 2. The molecule has 0 radical (unpaired) electrons. The number of nitrogens with zero attached hydrogens (tertiary/aromatic N) is 2. The lowest BCUT2D eigenvalue weighted by atomic mass is 9.99. The number of rotatable bonds is 4. The van der Waals surface area contributed by atoms with Crippen LogP contribution in [-0.2, 0) is 4.79 Å². The van der Waals surface area contributed by atoms with Crippen LogP contribution in [0.25, 0.3) is 0 Å². The van der Waals surface area contributed by atoms with Crippen LogP contribution in [0.2, 0.25) is 0 Å². The summed E-state index contributed by atoms with van der Waals surface area (Å²) in [4.78, 5) is 18.8. The molecule has 132 valence electrons. The molecule has 0 saturated carbocycles. The van der Waals surface area contributed by atoms with E-state index in [0.717, 1.165) is 32.0 Å². The Kier molecular flexibility index (Phi) is 6.23. The molecule has 2 N–H and O–H groups in total. The van der Waals surface area contributed by atoms with Crippen molar-refractivity contribution in [3.63, 3.8) is 0 Å². The maximum absolute atomic E-state index is 12.0. The molecule has 0 spiro atoms. The maximum atomic E-state index is 12.0. The zero-order chi connectivity index (χ0) is 17.6. The molecule has 1 atom stereocenters. The summed E-state index contributed by atoms with van der Waals surface area (Å²) in [6.45, 7) is 10.8. The van der Waals surface area contributed by atoms with Crippen molar-refractivity contribution in [2.45, 2.75) is 45.6 Å². The molecule has 24 heavy (non-hydrogen) atoms. The van der Waals surface area contributed by atoms with Gasteiger partial charge in [0.25, 0.3) is 0 Å². The summed E-state index contributed by atoms with van der Waals surface area (Å²) < 4.78 is 0. The molecule has 1 aromatic rings. The van der Waals surface area contributed by atoms with E-state index in [1.165, 1.54) is 5.56 Å². The maximum Gasteiger partial charge on any atom is 0.242 e. The summed E-state index contributed by atoms with van der Waals surface area (Å²) in [5.41, 5.74) is 1.15. The molecule has 2 rings (SSSR count). The van der Waals surface area contributed by atoms with Gasteiger partial charge in [0.2, 0.25) is 5.91 Å². The fourth-order valence-corrected chi connectivity index (χ4v) is 2.98. The highest BCUT2D eigenvalue weighted by molar-refractivity contribution is 5.85. The molecule has 5 nitrogen and oxygen atoms in total. The first-order valence-electron chi connectivity index (χ1n) is 8.78. The van der Waals surface area contributed by atoms with Gasteiger partial charge in [-0.05, 0) is 39.7 Å². The van der Waals surface area contributed by atoms with E-state index in [1.54, 1.807) is 0 Å². The van der Waals surface area contributed by atoms with E-state index in [0.29, 0.717) is 5.92 Å². The third kappa shape index (κ3) is 5.55. The minimum Gasteiger partial charge on any atom is -0.357 e. The summed E-state index contributed by atoms with van der Waals surface area (Å²) in [6.07, 6.45) is 1.11. The van der Waals surface area contributed by atoms with Crippen molar-refractivity contribution in [1.29, 1.82) is 0 Å². The number of carbonyl (C=O) groups is 1. The molecule has 1 aliphatic rings. The normalized spacial score (nSPS) is 18.6. The van der Waals surface area contributed by atoms with E-state index in [1.807, 2.05) is 20.8 Å². The van der Waals surface area contributed by atoms with E-state index in [2.05, 4.69) is 57.8 Å².